The van der Waals surface area contributed by atoms with E-state index in [0.717, 1.165) is 122 Å². The second-order valence-corrected chi connectivity index (χ2v) is 17.1. The Morgan fingerprint density at radius 3 is 1.11 bits per heavy atom. The molecule has 0 aliphatic heterocycles. The Balaban J connectivity index is 4.46. The first-order valence-electron chi connectivity index (χ1n) is 26.3. The zero-order chi connectivity index (χ0) is 46.5. The molecule has 0 saturated carbocycles. The fourth-order valence-electron chi connectivity index (χ4n) is 6.87. The van der Waals surface area contributed by atoms with Gasteiger partial charge in [0.2, 0.25) is 0 Å². The summed E-state index contributed by atoms with van der Waals surface area (Å²) >= 11 is 0. The zero-order valence-electron chi connectivity index (χ0n) is 41.5. The number of rotatable bonds is 46. The van der Waals surface area contributed by atoms with E-state index in [4.69, 9.17) is 14.2 Å². The van der Waals surface area contributed by atoms with Gasteiger partial charge in [0, 0.05) is 19.3 Å². The minimum Gasteiger partial charge on any atom is -0.462 e. The number of hydrogen-bond donors (Lipinski definition) is 0. The van der Waals surface area contributed by atoms with Gasteiger partial charge in [-0.1, -0.05) is 208 Å². The summed E-state index contributed by atoms with van der Waals surface area (Å²) in [7, 11) is 0. The number of allylic oxidation sites excluding steroid dienone is 16. The van der Waals surface area contributed by atoms with Crippen molar-refractivity contribution in [3.63, 3.8) is 0 Å². The Morgan fingerprint density at radius 2 is 0.672 bits per heavy atom. The highest BCUT2D eigenvalue weighted by Gasteiger charge is 2.19. The molecule has 1 atom stereocenters. The molecule has 0 aliphatic rings. The van der Waals surface area contributed by atoms with E-state index in [0.29, 0.717) is 12.8 Å². The van der Waals surface area contributed by atoms with Gasteiger partial charge in [-0.25, -0.2) is 0 Å². The smallest absolute Gasteiger partial charge is 0.306 e. The Kier molecular flexibility index (Phi) is 49.0. The molecule has 0 bridgehead atoms. The van der Waals surface area contributed by atoms with Gasteiger partial charge < -0.3 is 14.2 Å². The van der Waals surface area contributed by atoms with Crippen LogP contribution >= 0.6 is 0 Å². The highest BCUT2D eigenvalue weighted by molar-refractivity contribution is 5.71. The Bertz CT molecular complexity index is 1300. The molecule has 0 spiro atoms. The number of esters is 3. The molecule has 0 aliphatic carbocycles. The van der Waals surface area contributed by atoms with Crippen molar-refractivity contribution in [2.45, 2.75) is 239 Å². The largest absolute Gasteiger partial charge is 0.462 e. The van der Waals surface area contributed by atoms with Crippen molar-refractivity contribution in [1.29, 1.82) is 0 Å². The molecule has 364 valence electrons. The van der Waals surface area contributed by atoms with Crippen LogP contribution in [-0.2, 0) is 28.6 Å². The molecule has 0 rings (SSSR count). The van der Waals surface area contributed by atoms with Crippen LogP contribution in [0.1, 0.15) is 233 Å². The molecule has 0 amide bonds. The highest BCUT2D eigenvalue weighted by Crippen LogP contribution is 2.13. The lowest BCUT2D eigenvalue weighted by atomic mass is 10.1. The molecule has 64 heavy (non-hydrogen) atoms. The molecule has 0 saturated heterocycles. The van der Waals surface area contributed by atoms with Crippen molar-refractivity contribution in [3.05, 3.63) is 97.2 Å². The summed E-state index contributed by atoms with van der Waals surface area (Å²) in [5.74, 6) is -0.977. The van der Waals surface area contributed by atoms with Gasteiger partial charge in [0.15, 0.2) is 6.10 Å². The van der Waals surface area contributed by atoms with Gasteiger partial charge in [0.1, 0.15) is 13.2 Å². The van der Waals surface area contributed by atoms with Gasteiger partial charge in [-0.05, 0) is 103 Å². The number of carbonyl (C=O) groups excluding carboxylic acids is 3. The molecule has 0 aromatic rings. The SMILES string of the molecule is CC/C=C\C/C=C\C/C=C\C/C=C\CCCCCCCCC(=O)OCC(COC(=O)CCCCC/C=C\C=C/CCCC)OC(=O)CCCCC/C=C\C=C/CCCCCCCCC. The lowest BCUT2D eigenvalue weighted by Crippen LogP contribution is -2.30. The molecule has 0 aromatic heterocycles. The lowest BCUT2D eigenvalue weighted by Gasteiger charge is -2.18. The zero-order valence-corrected chi connectivity index (χ0v) is 41.5. The van der Waals surface area contributed by atoms with Crippen LogP contribution in [0, 0.1) is 0 Å². The first-order chi connectivity index (χ1) is 31.5. The third kappa shape index (κ3) is 49.3. The van der Waals surface area contributed by atoms with Crippen LogP contribution in [0.2, 0.25) is 0 Å². The topological polar surface area (TPSA) is 78.9 Å². The van der Waals surface area contributed by atoms with Crippen LogP contribution in [0.3, 0.4) is 0 Å². The second-order valence-electron chi connectivity index (χ2n) is 17.1. The van der Waals surface area contributed by atoms with Crippen LogP contribution in [-0.4, -0.2) is 37.2 Å². The van der Waals surface area contributed by atoms with E-state index in [9.17, 15) is 14.4 Å². The van der Waals surface area contributed by atoms with Crippen molar-refractivity contribution < 1.29 is 28.6 Å². The quantitative estimate of drug-likeness (QED) is 0.0199. The van der Waals surface area contributed by atoms with Crippen LogP contribution in [0.5, 0.6) is 0 Å². The Hall–Kier alpha value is -3.67. The summed E-state index contributed by atoms with van der Waals surface area (Å²) in [6, 6.07) is 0. The molecule has 1 unspecified atom stereocenters. The van der Waals surface area contributed by atoms with Crippen LogP contribution in [0.15, 0.2) is 97.2 Å². The minimum absolute atomic E-state index is 0.106. The van der Waals surface area contributed by atoms with Crippen LogP contribution < -0.4 is 0 Å². The predicted molar refractivity (Wildman–Crippen MR) is 274 cm³/mol. The first kappa shape index (κ1) is 60.3. The fraction of sp³-hybridized carbons (Fsp3) is 0.672. The molecular weight excluding hydrogens is 793 g/mol. The normalized spacial score (nSPS) is 12.9. The third-order valence-corrected chi connectivity index (χ3v) is 10.8. The van der Waals surface area contributed by atoms with E-state index in [1.807, 2.05) is 0 Å². The van der Waals surface area contributed by atoms with E-state index in [1.165, 1.54) is 70.6 Å². The van der Waals surface area contributed by atoms with Crippen LogP contribution in [0.4, 0.5) is 0 Å². The molecule has 0 radical (unpaired) electrons. The summed E-state index contributed by atoms with van der Waals surface area (Å²) in [5, 5.41) is 0. The summed E-state index contributed by atoms with van der Waals surface area (Å²) in [5.41, 5.74) is 0. The predicted octanol–water partition coefficient (Wildman–Crippen LogP) is 17.4. The Morgan fingerprint density at radius 1 is 0.344 bits per heavy atom. The van der Waals surface area contributed by atoms with E-state index in [-0.39, 0.29) is 37.5 Å². The maximum Gasteiger partial charge on any atom is 0.306 e. The monoisotopic (exact) mass is 889 g/mol. The van der Waals surface area contributed by atoms with Crippen molar-refractivity contribution >= 4 is 17.9 Å². The van der Waals surface area contributed by atoms with Crippen molar-refractivity contribution in [2.24, 2.45) is 0 Å². The molecule has 6 nitrogen and oxygen atoms in total. The summed E-state index contributed by atoms with van der Waals surface area (Å²) in [4.78, 5) is 38.0. The molecule has 0 N–H and O–H groups in total. The minimum atomic E-state index is -0.808. The molecule has 6 heteroatoms. The lowest BCUT2D eigenvalue weighted by molar-refractivity contribution is -0.167. The average molecular weight is 889 g/mol. The van der Waals surface area contributed by atoms with Crippen molar-refractivity contribution in [1.82, 2.24) is 0 Å². The van der Waals surface area contributed by atoms with E-state index in [2.05, 4.69) is 118 Å². The third-order valence-electron chi connectivity index (χ3n) is 10.8. The number of unbranched alkanes of at least 4 members (excludes halogenated alkanes) is 21. The van der Waals surface area contributed by atoms with E-state index < -0.39 is 6.10 Å². The number of ether oxygens (including phenoxy) is 3. The van der Waals surface area contributed by atoms with Crippen LogP contribution in [0.25, 0.3) is 0 Å². The summed E-state index contributed by atoms with van der Waals surface area (Å²) < 4.78 is 16.7. The van der Waals surface area contributed by atoms with Gasteiger partial charge in [0.05, 0.1) is 0 Å². The number of carbonyl (C=O) groups is 3. The molecule has 0 heterocycles. The van der Waals surface area contributed by atoms with Gasteiger partial charge in [-0.3, -0.25) is 14.4 Å². The maximum absolute atomic E-state index is 12.8. The summed E-state index contributed by atoms with van der Waals surface area (Å²) in [6.45, 7) is 6.40. The van der Waals surface area contributed by atoms with Crippen molar-refractivity contribution in [2.75, 3.05) is 13.2 Å². The van der Waals surface area contributed by atoms with E-state index >= 15 is 0 Å². The fourth-order valence-corrected chi connectivity index (χ4v) is 6.87. The van der Waals surface area contributed by atoms with Gasteiger partial charge in [-0.2, -0.15) is 0 Å². The van der Waals surface area contributed by atoms with Gasteiger partial charge >= 0.3 is 17.9 Å². The number of hydrogen-bond acceptors (Lipinski definition) is 6. The molecular formula is C58H96O6. The molecule has 0 fully saturated rings. The first-order valence-corrected chi connectivity index (χ1v) is 26.3. The van der Waals surface area contributed by atoms with Gasteiger partial charge in [0.25, 0.3) is 0 Å². The molecule has 0 aromatic carbocycles. The standard InChI is InChI=1S/C58H96O6/c1-4-7-10-13-16-19-22-24-26-28-29-30-32-33-36-39-42-45-48-51-57(60)63-54-55(53-62-56(59)50-47-44-41-38-35-21-18-15-12-9-6-3)64-58(61)52-49-46-43-40-37-34-31-27-25-23-20-17-14-11-8-5-2/h7,10,15-16,18-19,21,24,26-27,29-31,34-35,37,55H,4-6,8-9,11-14,17,20,22-23,25,28,32-33,36,38-54H2,1-3H3/b10-7-,18-15-,19-16-,26-24-,30-29-,31-27-,35-21-,37-34-. The average Bonchev–Trinajstić information content (AvgIpc) is 3.29. The van der Waals surface area contributed by atoms with Crippen molar-refractivity contribution in [3.8, 4) is 0 Å². The summed E-state index contributed by atoms with van der Waals surface area (Å²) in [6.07, 6.45) is 68.2. The van der Waals surface area contributed by atoms with E-state index in [1.54, 1.807) is 0 Å². The second kappa shape index (κ2) is 52.0. The van der Waals surface area contributed by atoms with Gasteiger partial charge in [-0.15, -0.1) is 0 Å². The highest BCUT2D eigenvalue weighted by atomic mass is 16.6. The maximum atomic E-state index is 12.8. The Labute approximate surface area is 394 Å².